The van der Waals surface area contributed by atoms with Gasteiger partial charge in [-0.3, -0.25) is 0 Å². The second-order valence-corrected chi connectivity index (χ2v) is 6.00. The minimum absolute atomic E-state index is 0.0994. The molecule has 1 saturated heterocycles. The van der Waals surface area contributed by atoms with Gasteiger partial charge in [0.15, 0.2) is 6.10 Å². The third-order valence-corrected chi connectivity index (χ3v) is 4.33. The van der Waals surface area contributed by atoms with E-state index in [1.807, 2.05) is 12.1 Å². The maximum Gasteiger partial charge on any atom is 0.152 e. The summed E-state index contributed by atoms with van der Waals surface area (Å²) in [5.41, 5.74) is 2.19. The molecule has 2 aliphatic rings. The molecule has 24 heavy (non-hydrogen) atoms. The first kappa shape index (κ1) is 15.1. The summed E-state index contributed by atoms with van der Waals surface area (Å²) < 4.78 is 16.2. The van der Waals surface area contributed by atoms with Crippen molar-refractivity contribution in [2.75, 3.05) is 31.1 Å². The fraction of sp³-hybridized carbons (Fsp3) is 0.438. The Bertz CT molecular complexity index is 726. The number of hydrogen-bond donors (Lipinski definition) is 1. The number of halogens is 1. The highest BCUT2D eigenvalue weighted by atomic mass is 19.1. The molecule has 0 aliphatic carbocycles. The first-order valence-electron chi connectivity index (χ1n) is 8.12. The molecular formula is C16H19FN6O. The Morgan fingerprint density at radius 2 is 2.17 bits per heavy atom. The van der Waals surface area contributed by atoms with Crippen LogP contribution in [0.15, 0.2) is 35.7 Å². The molecule has 1 atom stereocenters. The Morgan fingerprint density at radius 1 is 1.29 bits per heavy atom. The molecule has 4 rings (SSSR count). The zero-order chi connectivity index (χ0) is 16.4. The van der Waals surface area contributed by atoms with Gasteiger partial charge in [-0.2, -0.15) is 0 Å². The molecule has 3 heterocycles. The summed E-state index contributed by atoms with van der Waals surface area (Å²) in [5.74, 6) is -0.211. The summed E-state index contributed by atoms with van der Waals surface area (Å²) in [5, 5.41) is 15.1. The van der Waals surface area contributed by atoms with Crippen molar-refractivity contribution in [3.05, 3.63) is 42.0 Å². The first-order valence-corrected chi connectivity index (χ1v) is 8.12. The highest BCUT2D eigenvalue weighted by molar-refractivity contribution is 6.01. The van der Waals surface area contributed by atoms with Gasteiger partial charge in [0, 0.05) is 44.4 Å². The summed E-state index contributed by atoms with van der Waals surface area (Å²) in [6.07, 6.45) is 3.94. The highest BCUT2D eigenvalue weighted by Crippen LogP contribution is 2.24. The van der Waals surface area contributed by atoms with Gasteiger partial charge < -0.3 is 15.1 Å². The fourth-order valence-electron chi connectivity index (χ4n) is 3.08. The lowest BCUT2D eigenvalue weighted by Gasteiger charge is -2.29. The van der Waals surface area contributed by atoms with Crippen LogP contribution < -0.4 is 10.2 Å². The van der Waals surface area contributed by atoms with E-state index in [0.29, 0.717) is 18.7 Å². The lowest BCUT2D eigenvalue weighted by Crippen LogP contribution is -2.43. The van der Waals surface area contributed by atoms with Crippen molar-refractivity contribution < 1.29 is 9.23 Å². The van der Waals surface area contributed by atoms with E-state index >= 15 is 0 Å². The number of nitrogens with one attached hydrogen (secondary N) is 1. The van der Waals surface area contributed by atoms with Crippen LogP contribution in [-0.2, 0) is 11.4 Å². The van der Waals surface area contributed by atoms with E-state index in [1.54, 1.807) is 23.1 Å². The van der Waals surface area contributed by atoms with Crippen molar-refractivity contribution >= 4 is 11.4 Å². The lowest BCUT2D eigenvalue weighted by molar-refractivity contribution is 0.0693. The van der Waals surface area contributed by atoms with Gasteiger partial charge in [-0.25, -0.2) is 9.07 Å². The molecule has 0 spiro atoms. The Balaban J connectivity index is 1.44. The van der Waals surface area contributed by atoms with E-state index in [9.17, 15) is 4.39 Å². The smallest absolute Gasteiger partial charge is 0.152 e. The first-order chi connectivity index (χ1) is 11.8. The third-order valence-electron chi connectivity index (χ3n) is 4.33. The van der Waals surface area contributed by atoms with Crippen LogP contribution in [0.1, 0.15) is 12.0 Å². The number of anilines is 1. The number of nitrogens with zero attached hydrogens (tertiary/aromatic N) is 5. The second kappa shape index (κ2) is 6.56. The van der Waals surface area contributed by atoms with Gasteiger partial charge in [0.25, 0.3) is 0 Å². The van der Waals surface area contributed by atoms with Crippen LogP contribution in [0.5, 0.6) is 0 Å². The van der Waals surface area contributed by atoms with Gasteiger partial charge in [-0.1, -0.05) is 16.4 Å². The minimum atomic E-state index is -0.211. The van der Waals surface area contributed by atoms with Crippen molar-refractivity contribution in [3.8, 4) is 0 Å². The van der Waals surface area contributed by atoms with Gasteiger partial charge in [0.1, 0.15) is 5.82 Å². The number of oxime groups is 1. The van der Waals surface area contributed by atoms with Crippen LogP contribution in [0.25, 0.3) is 0 Å². The zero-order valence-corrected chi connectivity index (χ0v) is 13.2. The molecule has 7 nitrogen and oxygen atoms in total. The molecule has 0 saturated carbocycles. The lowest BCUT2D eigenvalue weighted by atomic mass is 10.0. The maximum absolute atomic E-state index is 14.5. The van der Waals surface area contributed by atoms with E-state index in [2.05, 4.69) is 25.7 Å². The van der Waals surface area contributed by atoms with E-state index < -0.39 is 0 Å². The van der Waals surface area contributed by atoms with E-state index in [1.165, 1.54) is 0 Å². The number of piperazine rings is 1. The van der Waals surface area contributed by atoms with Gasteiger partial charge >= 0.3 is 0 Å². The number of hydrogen-bond acceptors (Lipinski definition) is 6. The van der Waals surface area contributed by atoms with Crippen molar-refractivity contribution in [2.24, 2.45) is 5.16 Å². The molecule has 2 aromatic rings. The summed E-state index contributed by atoms with van der Waals surface area (Å²) >= 11 is 0. The van der Waals surface area contributed by atoms with E-state index in [0.717, 1.165) is 37.5 Å². The molecule has 0 bridgehead atoms. The zero-order valence-electron chi connectivity index (χ0n) is 13.2. The molecule has 1 aromatic heterocycles. The van der Waals surface area contributed by atoms with Crippen LogP contribution in [0.2, 0.25) is 0 Å². The topological polar surface area (TPSA) is 67.6 Å². The van der Waals surface area contributed by atoms with Gasteiger partial charge in [-0.15, -0.1) is 5.10 Å². The average molecular weight is 330 g/mol. The maximum atomic E-state index is 14.5. The van der Waals surface area contributed by atoms with Gasteiger partial charge in [0.05, 0.1) is 24.1 Å². The quantitative estimate of drug-likeness (QED) is 0.907. The minimum Gasteiger partial charge on any atom is -0.390 e. The van der Waals surface area contributed by atoms with E-state index in [4.69, 9.17) is 4.84 Å². The molecule has 8 heteroatoms. The van der Waals surface area contributed by atoms with Gasteiger partial charge in [0.2, 0.25) is 0 Å². The predicted molar refractivity (Wildman–Crippen MR) is 87.5 cm³/mol. The molecule has 1 N–H and O–H groups in total. The second-order valence-electron chi connectivity index (χ2n) is 6.00. The van der Waals surface area contributed by atoms with Crippen LogP contribution in [0, 0.1) is 5.82 Å². The fourth-order valence-corrected chi connectivity index (χ4v) is 3.08. The van der Waals surface area contributed by atoms with E-state index in [-0.39, 0.29) is 11.9 Å². The standard InChI is InChI=1S/C16H19FN6O/c17-14-9-12(1-2-16(14)22-6-3-18-4-7-22)15-10-13(24-20-15)11-23-8-5-19-21-23/h1-2,5,8-9,13,18H,3-4,6-7,10-11H2. The van der Waals surface area contributed by atoms with Crippen LogP contribution in [-0.4, -0.2) is 53.0 Å². The summed E-state index contributed by atoms with van der Waals surface area (Å²) in [6, 6.07) is 5.31. The number of aromatic nitrogens is 3. The van der Waals surface area contributed by atoms with Gasteiger partial charge in [-0.05, 0) is 12.1 Å². The molecule has 1 unspecified atom stereocenters. The molecule has 0 amide bonds. The largest absolute Gasteiger partial charge is 0.390 e. The van der Waals surface area contributed by atoms with Crippen LogP contribution in [0.3, 0.4) is 0 Å². The average Bonchev–Trinajstić information content (AvgIpc) is 3.28. The number of rotatable bonds is 4. The molecule has 126 valence electrons. The van der Waals surface area contributed by atoms with Crippen molar-refractivity contribution in [2.45, 2.75) is 19.1 Å². The van der Waals surface area contributed by atoms with Crippen molar-refractivity contribution in [1.82, 2.24) is 20.3 Å². The third kappa shape index (κ3) is 3.09. The Kier molecular flexibility index (Phi) is 4.12. The van der Waals surface area contributed by atoms with Crippen LogP contribution >= 0.6 is 0 Å². The summed E-state index contributed by atoms with van der Waals surface area (Å²) in [4.78, 5) is 7.50. The molecular weight excluding hydrogens is 311 g/mol. The number of benzene rings is 1. The molecule has 0 radical (unpaired) electrons. The predicted octanol–water partition coefficient (Wildman–Crippen LogP) is 1.02. The Labute approximate surface area is 139 Å². The molecule has 2 aliphatic heterocycles. The molecule has 1 aromatic carbocycles. The van der Waals surface area contributed by atoms with Crippen LogP contribution in [0.4, 0.5) is 10.1 Å². The van der Waals surface area contributed by atoms with Crippen molar-refractivity contribution in [1.29, 1.82) is 0 Å². The Morgan fingerprint density at radius 3 is 2.92 bits per heavy atom. The van der Waals surface area contributed by atoms with Crippen molar-refractivity contribution in [3.63, 3.8) is 0 Å². The normalized spacial score (nSPS) is 20.8. The molecule has 1 fully saturated rings. The highest BCUT2D eigenvalue weighted by Gasteiger charge is 2.24. The monoisotopic (exact) mass is 330 g/mol. The summed E-state index contributed by atoms with van der Waals surface area (Å²) in [7, 11) is 0. The Hall–Kier alpha value is -2.48. The summed E-state index contributed by atoms with van der Waals surface area (Å²) in [6.45, 7) is 3.98. The SMILES string of the molecule is Fc1cc(C2=NOC(Cn3ccnn3)C2)ccc1N1CCNCC1.